The molecule has 1 aromatic carbocycles. The molecule has 1 aromatic rings. The van der Waals surface area contributed by atoms with Crippen LogP contribution in [0.5, 0.6) is 0 Å². The van der Waals surface area contributed by atoms with Crippen molar-refractivity contribution in [2.24, 2.45) is 0 Å². The number of sulfonamides is 1. The minimum atomic E-state index is -3.86. The maximum atomic E-state index is 12.2. The largest absolute Gasteiger partial charge is 0.357 e. The molecule has 1 unspecified atom stereocenters. The fourth-order valence-corrected chi connectivity index (χ4v) is 3.08. The Morgan fingerprint density at radius 2 is 1.80 bits per heavy atom. The van der Waals surface area contributed by atoms with Gasteiger partial charge in [-0.1, -0.05) is 52.5 Å². The molecule has 0 saturated carbocycles. The van der Waals surface area contributed by atoms with Crippen LogP contribution in [-0.4, -0.2) is 30.9 Å². The molecule has 4 nitrogen and oxygen atoms in total. The number of nitrogens with one attached hydrogen (secondary N) is 1. The van der Waals surface area contributed by atoms with Gasteiger partial charge in [-0.25, -0.2) is 8.42 Å². The third-order valence-corrected chi connectivity index (χ3v) is 4.42. The topological polar surface area (TPSA) is 55.4 Å². The van der Waals surface area contributed by atoms with E-state index < -0.39 is 20.0 Å². The molecule has 0 fully saturated rings. The summed E-state index contributed by atoms with van der Waals surface area (Å²) >= 11 is 22.5. The Balaban J connectivity index is 2.93. The lowest BCUT2D eigenvalue weighted by molar-refractivity contribution is 0.0593. The van der Waals surface area contributed by atoms with Crippen LogP contribution in [0.2, 0.25) is 0 Å². The van der Waals surface area contributed by atoms with Gasteiger partial charge < -0.3 is 4.74 Å². The molecule has 114 valence electrons. The SMILES string of the molecule is Cc1ccc(S(=O)(=O)NC(OCCCl)C(Cl)(Cl)Cl)cc1. The summed E-state index contributed by atoms with van der Waals surface area (Å²) in [4.78, 5) is 0.0526. The summed E-state index contributed by atoms with van der Waals surface area (Å²) in [5.74, 6) is 0.142. The summed E-state index contributed by atoms with van der Waals surface area (Å²) in [6.45, 7) is 1.88. The van der Waals surface area contributed by atoms with Gasteiger partial charge in [0.05, 0.1) is 11.5 Å². The third-order valence-electron chi connectivity index (χ3n) is 2.25. The zero-order valence-corrected chi connectivity index (χ0v) is 14.3. The molecular formula is C11H13Cl4NO3S. The van der Waals surface area contributed by atoms with Crippen molar-refractivity contribution in [1.29, 1.82) is 0 Å². The number of rotatable bonds is 6. The quantitative estimate of drug-likeness (QED) is 0.608. The first-order valence-corrected chi connectivity index (χ1v) is 8.65. The van der Waals surface area contributed by atoms with E-state index in [0.29, 0.717) is 0 Å². The average molecular weight is 381 g/mol. The normalized spacial score (nSPS) is 14.2. The fraction of sp³-hybridized carbons (Fsp3) is 0.455. The molecule has 1 atom stereocenters. The van der Waals surface area contributed by atoms with Gasteiger partial charge in [0, 0.05) is 5.88 Å². The standard InChI is InChI=1S/C11H13Cl4NO3S/c1-8-2-4-9(5-3-8)20(17,18)16-10(11(13,14)15)19-7-6-12/h2-5,10,16H,6-7H2,1H3. The van der Waals surface area contributed by atoms with Gasteiger partial charge in [0.15, 0.2) is 6.23 Å². The fourth-order valence-electron chi connectivity index (χ4n) is 1.28. The third kappa shape index (κ3) is 5.56. The van der Waals surface area contributed by atoms with Gasteiger partial charge in [-0.3, -0.25) is 0 Å². The van der Waals surface area contributed by atoms with Gasteiger partial charge >= 0.3 is 0 Å². The molecule has 0 aliphatic heterocycles. The number of hydrogen-bond acceptors (Lipinski definition) is 3. The van der Waals surface area contributed by atoms with E-state index in [9.17, 15) is 8.42 Å². The van der Waals surface area contributed by atoms with Gasteiger partial charge in [0.2, 0.25) is 13.8 Å². The van der Waals surface area contributed by atoms with Crippen molar-refractivity contribution in [1.82, 2.24) is 4.72 Å². The van der Waals surface area contributed by atoms with Crippen LogP contribution in [0.15, 0.2) is 29.2 Å². The van der Waals surface area contributed by atoms with Crippen LogP contribution in [0.1, 0.15) is 5.56 Å². The Hall–Kier alpha value is 0.250. The maximum Gasteiger partial charge on any atom is 0.242 e. The van der Waals surface area contributed by atoms with Crippen LogP contribution in [0.4, 0.5) is 0 Å². The summed E-state index contributed by atoms with van der Waals surface area (Å²) in [5.41, 5.74) is 0.931. The number of alkyl halides is 4. The van der Waals surface area contributed by atoms with Gasteiger partial charge in [-0.15, -0.1) is 11.6 Å². The first-order valence-electron chi connectivity index (χ1n) is 5.50. The van der Waals surface area contributed by atoms with Gasteiger partial charge in [0.25, 0.3) is 0 Å². The van der Waals surface area contributed by atoms with Gasteiger partial charge in [0.1, 0.15) is 0 Å². The molecule has 0 aliphatic carbocycles. The van der Waals surface area contributed by atoms with Crippen molar-refractivity contribution in [3.63, 3.8) is 0 Å². The Morgan fingerprint density at radius 3 is 2.25 bits per heavy atom. The predicted octanol–water partition coefficient (Wildman–Crippen LogP) is 3.23. The first kappa shape index (κ1) is 18.3. The maximum absolute atomic E-state index is 12.2. The van der Waals surface area contributed by atoms with Crippen LogP contribution in [0.25, 0.3) is 0 Å². The molecule has 0 saturated heterocycles. The van der Waals surface area contributed by atoms with Crippen LogP contribution in [-0.2, 0) is 14.8 Å². The average Bonchev–Trinajstić information content (AvgIpc) is 2.33. The lowest BCUT2D eigenvalue weighted by atomic mass is 10.2. The van der Waals surface area contributed by atoms with E-state index in [2.05, 4.69) is 4.72 Å². The lowest BCUT2D eigenvalue weighted by Gasteiger charge is -2.25. The van der Waals surface area contributed by atoms with E-state index in [4.69, 9.17) is 51.1 Å². The summed E-state index contributed by atoms with van der Waals surface area (Å²) in [5, 5.41) is 0. The molecule has 0 aromatic heterocycles. The Morgan fingerprint density at radius 1 is 1.25 bits per heavy atom. The minimum Gasteiger partial charge on any atom is -0.357 e. The molecule has 0 bridgehead atoms. The monoisotopic (exact) mass is 379 g/mol. The summed E-state index contributed by atoms with van der Waals surface area (Å²) in [6, 6.07) is 6.24. The molecule has 0 spiro atoms. The number of aryl methyl sites for hydroxylation is 1. The number of benzene rings is 1. The van der Waals surface area contributed by atoms with E-state index in [0.717, 1.165) is 5.56 Å². The first-order chi connectivity index (χ1) is 9.16. The summed E-state index contributed by atoms with van der Waals surface area (Å²) in [7, 11) is -3.86. The molecule has 0 aliphatic rings. The van der Waals surface area contributed by atoms with Crippen LogP contribution in [0, 0.1) is 6.92 Å². The Kier molecular flexibility index (Phi) is 6.86. The second-order valence-corrected chi connectivity index (χ2v) is 8.38. The Labute approximate surface area is 138 Å². The highest BCUT2D eigenvalue weighted by molar-refractivity contribution is 7.89. The second-order valence-electron chi connectivity index (χ2n) is 3.92. The van der Waals surface area contributed by atoms with Crippen molar-refractivity contribution in [2.45, 2.75) is 21.8 Å². The van der Waals surface area contributed by atoms with E-state index in [-0.39, 0.29) is 17.4 Å². The van der Waals surface area contributed by atoms with E-state index >= 15 is 0 Å². The van der Waals surface area contributed by atoms with Crippen molar-refractivity contribution in [3.05, 3.63) is 29.8 Å². The molecule has 1 N–H and O–H groups in total. The highest BCUT2D eigenvalue weighted by Gasteiger charge is 2.37. The number of ether oxygens (including phenoxy) is 1. The number of halogens is 4. The Bertz CT molecular complexity index is 528. The summed E-state index contributed by atoms with van der Waals surface area (Å²) < 4.78 is 29.7. The van der Waals surface area contributed by atoms with Gasteiger partial charge in [-0.05, 0) is 19.1 Å². The molecule has 1 rings (SSSR count). The smallest absolute Gasteiger partial charge is 0.242 e. The van der Waals surface area contributed by atoms with Crippen LogP contribution < -0.4 is 4.72 Å². The predicted molar refractivity (Wildman–Crippen MR) is 82.3 cm³/mol. The molecule has 9 heteroatoms. The van der Waals surface area contributed by atoms with Gasteiger partial charge in [-0.2, -0.15) is 4.72 Å². The highest BCUT2D eigenvalue weighted by atomic mass is 35.6. The highest BCUT2D eigenvalue weighted by Crippen LogP contribution is 2.32. The van der Waals surface area contributed by atoms with Crippen molar-refractivity contribution in [3.8, 4) is 0 Å². The molecule has 0 heterocycles. The van der Waals surface area contributed by atoms with Crippen molar-refractivity contribution < 1.29 is 13.2 Å². The minimum absolute atomic E-state index is 0.0382. The molecule has 0 amide bonds. The lowest BCUT2D eigenvalue weighted by Crippen LogP contribution is -2.45. The van der Waals surface area contributed by atoms with E-state index in [1.807, 2.05) is 6.92 Å². The zero-order chi connectivity index (χ0) is 15.4. The molecular weight excluding hydrogens is 368 g/mol. The van der Waals surface area contributed by atoms with E-state index in [1.165, 1.54) is 12.1 Å². The number of hydrogen-bond donors (Lipinski definition) is 1. The van der Waals surface area contributed by atoms with Crippen LogP contribution in [0.3, 0.4) is 0 Å². The summed E-state index contributed by atoms with van der Waals surface area (Å²) in [6.07, 6.45) is -1.34. The second kappa shape index (κ2) is 7.49. The zero-order valence-electron chi connectivity index (χ0n) is 10.4. The van der Waals surface area contributed by atoms with Crippen molar-refractivity contribution >= 4 is 56.4 Å². The molecule has 20 heavy (non-hydrogen) atoms. The van der Waals surface area contributed by atoms with E-state index in [1.54, 1.807) is 12.1 Å². The van der Waals surface area contributed by atoms with Crippen LogP contribution >= 0.6 is 46.4 Å². The van der Waals surface area contributed by atoms with Crippen molar-refractivity contribution in [2.75, 3.05) is 12.5 Å². The molecule has 0 radical (unpaired) electrons.